The van der Waals surface area contributed by atoms with Crippen LogP contribution in [0.1, 0.15) is 15.9 Å². The molecule has 1 heterocycles. The Hall–Kier alpha value is -2.39. The van der Waals surface area contributed by atoms with E-state index in [0.717, 1.165) is 16.5 Å². The quantitative estimate of drug-likeness (QED) is 0.499. The van der Waals surface area contributed by atoms with Gasteiger partial charge in [-0.25, -0.2) is 4.98 Å². The van der Waals surface area contributed by atoms with Crippen LogP contribution in [-0.4, -0.2) is 15.9 Å². The molecule has 0 radical (unpaired) electrons. The fraction of sp³-hybridized carbons (Fsp3) is 0. The number of carbonyl (C=O) groups is 1. The van der Waals surface area contributed by atoms with Crippen LogP contribution in [0.3, 0.4) is 0 Å². The van der Waals surface area contributed by atoms with Gasteiger partial charge < -0.3 is 5.11 Å². The molecule has 0 unspecified atom stereocenters. The van der Waals surface area contributed by atoms with E-state index < -0.39 is 0 Å². The summed E-state index contributed by atoms with van der Waals surface area (Å²) < 4.78 is 0. The number of hydrogen-bond donors (Lipinski definition) is 1. The summed E-state index contributed by atoms with van der Waals surface area (Å²) in [5, 5.41) is 10.8. The molecule has 0 fully saturated rings. The summed E-state index contributed by atoms with van der Waals surface area (Å²) in [7, 11) is 0. The number of aromatic nitrogens is 1. The first-order chi connectivity index (χ1) is 9.66. The molecule has 4 rings (SSSR count). The average molecular weight is 282 g/mol. The third kappa shape index (κ3) is 1.35. The first-order valence-electron chi connectivity index (χ1n) is 6.13. The number of rotatable bonds is 0. The molecule has 3 nitrogen and oxygen atoms in total. The van der Waals surface area contributed by atoms with Gasteiger partial charge in [0.15, 0.2) is 5.78 Å². The normalized spacial score (nSPS) is 12.6. The number of ketones is 1. The van der Waals surface area contributed by atoms with Gasteiger partial charge in [0.1, 0.15) is 10.9 Å². The lowest BCUT2D eigenvalue weighted by Crippen LogP contribution is -1.98. The number of pyridine rings is 1. The van der Waals surface area contributed by atoms with Crippen molar-refractivity contribution in [1.82, 2.24) is 4.98 Å². The summed E-state index contributed by atoms with van der Waals surface area (Å²) in [4.78, 5) is 16.7. The second kappa shape index (κ2) is 3.81. The van der Waals surface area contributed by atoms with Crippen LogP contribution in [0.25, 0.3) is 22.0 Å². The Balaban J connectivity index is 2.24. The van der Waals surface area contributed by atoms with Crippen LogP contribution >= 0.6 is 11.6 Å². The number of nitrogens with zero attached hydrogens (tertiary/aromatic N) is 1. The minimum atomic E-state index is -0.141. The van der Waals surface area contributed by atoms with Gasteiger partial charge in [0.05, 0.1) is 11.1 Å². The minimum Gasteiger partial charge on any atom is -0.508 e. The molecule has 0 bridgehead atoms. The summed E-state index contributed by atoms with van der Waals surface area (Å²) in [5.41, 5.74) is 3.19. The summed E-state index contributed by atoms with van der Waals surface area (Å²) in [6, 6.07) is 12.3. The van der Waals surface area contributed by atoms with Crippen molar-refractivity contribution in [3.05, 3.63) is 58.7 Å². The molecule has 2 aromatic carbocycles. The van der Waals surface area contributed by atoms with E-state index in [1.807, 2.05) is 24.3 Å². The molecular formula is C16H8ClNO2. The molecule has 1 aliphatic carbocycles. The average Bonchev–Trinajstić information content (AvgIpc) is 2.73. The summed E-state index contributed by atoms with van der Waals surface area (Å²) in [5.74, 6) is -0.0142. The van der Waals surface area contributed by atoms with Crippen LogP contribution in [0.15, 0.2) is 42.5 Å². The lowest BCUT2D eigenvalue weighted by molar-refractivity contribution is 0.104. The van der Waals surface area contributed by atoms with Crippen LogP contribution in [0.4, 0.5) is 0 Å². The summed E-state index contributed by atoms with van der Waals surface area (Å²) in [6.45, 7) is 0. The highest BCUT2D eigenvalue weighted by atomic mass is 35.5. The van der Waals surface area contributed by atoms with E-state index in [0.29, 0.717) is 16.7 Å². The molecule has 0 saturated carbocycles. The molecule has 0 spiro atoms. The zero-order valence-corrected chi connectivity index (χ0v) is 11.0. The zero-order chi connectivity index (χ0) is 13.9. The predicted molar refractivity (Wildman–Crippen MR) is 77.3 cm³/mol. The number of phenols is 1. The van der Waals surface area contributed by atoms with Crippen molar-refractivity contribution in [2.45, 2.75) is 0 Å². The minimum absolute atomic E-state index is 0.126. The van der Waals surface area contributed by atoms with Gasteiger partial charge in [0.25, 0.3) is 0 Å². The maximum absolute atomic E-state index is 12.5. The largest absolute Gasteiger partial charge is 0.508 e. The Morgan fingerprint density at radius 3 is 2.65 bits per heavy atom. The number of phenolic OH excluding ortho intramolecular Hbond substituents is 1. The molecule has 1 aromatic heterocycles. The Kier molecular flexibility index (Phi) is 2.18. The van der Waals surface area contributed by atoms with E-state index in [-0.39, 0.29) is 16.7 Å². The van der Waals surface area contributed by atoms with E-state index in [2.05, 4.69) is 4.98 Å². The molecule has 1 N–H and O–H groups in total. The van der Waals surface area contributed by atoms with Gasteiger partial charge in [-0.15, -0.1) is 0 Å². The van der Waals surface area contributed by atoms with E-state index in [1.54, 1.807) is 12.1 Å². The molecule has 3 aromatic rings. The van der Waals surface area contributed by atoms with Gasteiger partial charge in [-0.2, -0.15) is 0 Å². The van der Waals surface area contributed by atoms with Crippen LogP contribution in [0.5, 0.6) is 5.75 Å². The van der Waals surface area contributed by atoms with Gasteiger partial charge in [-0.3, -0.25) is 4.79 Å². The fourth-order valence-corrected chi connectivity index (χ4v) is 3.01. The Bertz CT molecular complexity index is 902. The van der Waals surface area contributed by atoms with Crippen molar-refractivity contribution in [2.24, 2.45) is 0 Å². The monoisotopic (exact) mass is 281 g/mol. The molecule has 96 valence electrons. The SMILES string of the molecule is O=C1c2ccc(O)cc2-c2c1c(Cl)nc1ccccc21. The van der Waals surface area contributed by atoms with Crippen LogP contribution in [-0.2, 0) is 0 Å². The highest BCUT2D eigenvalue weighted by Gasteiger charge is 2.31. The Morgan fingerprint density at radius 2 is 1.80 bits per heavy atom. The topological polar surface area (TPSA) is 50.2 Å². The second-order valence-corrected chi connectivity index (χ2v) is 5.09. The standard InChI is InChI=1S/C16H8ClNO2/c17-16-14-13(10-3-1-2-4-12(10)18-16)11-7-8(19)5-6-9(11)15(14)20/h1-7,19H. The smallest absolute Gasteiger partial charge is 0.197 e. The van der Waals surface area contributed by atoms with Crippen molar-refractivity contribution in [3.8, 4) is 16.9 Å². The van der Waals surface area contributed by atoms with Crippen LogP contribution < -0.4 is 0 Å². The second-order valence-electron chi connectivity index (χ2n) is 4.73. The summed E-state index contributed by atoms with van der Waals surface area (Å²) >= 11 is 6.18. The predicted octanol–water partition coefficient (Wildman–Crippen LogP) is 3.81. The van der Waals surface area contributed by atoms with Gasteiger partial charge in [0.2, 0.25) is 0 Å². The molecule has 0 aliphatic heterocycles. The first kappa shape index (κ1) is 11.4. The molecular weight excluding hydrogens is 274 g/mol. The number of halogens is 1. The van der Waals surface area contributed by atoms with E-state index in [4.69, 9.17) is 11.6 Å². The summed E-state index contributed by atoms with van der Waals surface area (Å²) in [6.07, 6.45) is 0. The van der Waals surface area contributed by atoms with E-state index in [1.165, 1.54) is 6.07 Å². The first-order valence-corrected chi connectivity index (χ1v) is 6.51. The van der Waals surface area contributed by atoms with Crippen LogP contribution in [0, 0.1) is 0 Å². The molecule has 20 heavy (non-hydrogen) atoms. The molecule has 0 saturated heterocycles. The Labute approximate surface area is 119 Å². The van der Waals surface area contributed by atoms with Gasteiger partial charge in [-0.05, 0) is 29.8 Å². The van der Waals surface area contributed by atoms with Gasteiger partial charge >= 0.3 is 0 Å². The van der Waals surface area contributed by atoms with Crippen molar-refractivity contribution in [1.29, 1.82) is 0 Å². The van der Waals surface area contributed by atoms with Gasteiger partial charge in [0, 0.05) is 16.5 Å². The lowest BCUT2D eigenvalue weighted by atomic mass is 10.0. The van der Waals surface area contributed by atoms with E-state index >= 15 is 0 Å². The number of benzene rings is 2. The van der Waals surface area contributed by atoms with Crippen LogP contribution in [0.2, 0.25) is 5.15 Å². The highest BCUT2D eigenvalue weighted by Crippen LogP contribution is 2.44. The number of carbonyl (C=O) groups excluding carboxylic acids is 1. The molecule has 1 aliphatic rings. The van der Waals surface area contributed by atoms with Crippen molar-refractivity contribution in [3.63, 3.8) is 0 Å². The van der Waals surface area contributed by atoms with Crippen molar-refractivity contribution >= 4 is 28.3 Å². The van der Waals surface area contributed by atoms with Gasteiger partial charge in [-0.1, -0.05) is 29.8 Å². The fourth-order valence-electron chi connectivity index (χ4n) is 2.74. The molecule has 0 atom stereocenters. The number of para-hydroxylation sites is 1. The maximum Gasteiger partial charge on any atom is 0.197 e. The Morgan fingerprint density at radius 1 is 1.00 bits per heavy atom. The molecule has 4 heteroatoms. The number of aromatic hydroxyl groups is 1. The highest BCUT2D eigenvalue weighted by molar-refractivity contribution is 6.38. The lowest BCUT2D eigenvalue weighted by Gasteiger charge is -2.06. The maximum atomic E-state index is 12.5. The van der Waals surface area contributed by atoms with Crippen molar-refractivity contribution < 1.29 is 9.90 Å². The third-order valence-electron chi connectivity index (χ3n) is 3.59. The van der Waals surface area contributed by atoms with Crippen molar-refractivity contribution in [2.75, 3.05) is 0 Å². The number of fused-ring (bicyclic) bond motifs is 5. The van der Waals surface area contributed by atoms with E-state index in [9.17, 15) is 9.90 Å². The number of hydrogen-bond acceptors (Lipinski definition) is 3. The third-order valence-corrected chi connectivity index (χ3v) is 3.87. The molecule has 0 amide bonds. The zero-order valence-electron chi connectivity index (χ0n) is 10.2.